The van der Waals surface area contributed by atoms with Crippen LogP contribution in [0, 0.1) is 0 Å². The predicted molar refractivity (Wildman–Crippen MR) is 121 cm³/mol. The molecule has 2 atom stereocenters. The lowest BCUT2D eigenvalue weighted by Crippen LogP contribution is -2.31. The number of nitrogens with one attached hydrogen (secondary N) is 1. The van der Waals surface area contributed by atoms with Gasteiger partial charge in [0, 0.05) is 34.5 Å². The highest BCUT2D eigenvalue weighted by Gasteiger charge is 2.26. The van der Waals surface area contributed by atoms with Gasteiger partial charge in [-0.15, -0.1) is 11.3 Å². The van der Waals surface area contributed by atoms with Crippen molar-refractivity contribution in [1.29, 1.82) is 0 Å². The Morgan fingerprint density at radius 3 is 2.86 bits per heavy atom. The number of thiazole rings is 1. The summed E-state index contributed by atoms with van der Waals surface area (Å²) in [5.74, 6) is 0.504. The number of nitrogens with zero attached hydrogens (tertiary/aromatic N) is 2. The van der Waals surface area contributed by atoms with E-state index in [1.165, 1.54) is 21.0 Å². The molecule has 0 spiro atoms. The standard InChI is InChI=1S/C23H26BrN3OS/c1-2-20-11-17(7-9-25-20)22-12-18(8-10-26-22)23-27-13-21(29-23)15-28-14-16-3-5-19(24)6-4-16/h3-7,9,11,13,18,22,26H,2,8,10,12,14-15H2,1H3. The Hall–Kier alpha value is -1.60. The van der Waals surface area contributed by atoms with Gasteiger partial charge in [0.2, 0.25) is 0 Å². The zero-order valence-electron chi connectivity index (χ0n) is 16.6. The molecule has 1 aliphatic rings. The number of piperidine rings is 1. The molecule has 4 nitrogen and oxygen atoms in total. The summed E-state index contributed by atoms with van der Waals surface area (Å²) in [6.07, 6.45) is 7.11. The SMILES string of the molecule is CCc1cc(C2CC(c3ncc(COCc4ccc(Br)cc4)s3)CCN2)ccn1. The Balaban J connectivity index is 1.34. The molecule has 0 aliphatic carbocycles. The molecule has 1 saturated heterocycles. The summed E-state index contributed by atoms with van der Waals surface area (Å²) in [4.78, 5) is 10.4. The van der Waals surface area contributed by atoms with Gasteiger partial charge < -0.3 is 10.1 Å². The molecule has 1 aromatic carbocycles. The minimum atomic E-state index is 0.378. The van der Waals surface area contributed by atoms with E-state index < -0.39 is 0 Å². The van der Waals surface area contributed by atoms with Crippen LogP contribution in [0.4, 0.5) is 0 Å². The van der Waals surface area contributed by atoms with Crippen molar-refractivity contribution in [3.8, 4) is 0 Å². The van der Waals surface area contributed by atoms with Crippen molar-refractivity contribution in [2.45, 2.75) is 51.4 Å². The second-order valence-electron chi connectivity index (χ2n) is 7.45. The van der Waals surface area contributed by atoms with E-state index in [1.807, 2.05) is 24.5 Å². The zero-order chi connectivity index (χ0) is 20.1. The van der Waals surface area contributed by atoms with Crippen LogP contribution in [-0.2, 0) is 24.4 Å². The number of hydrogen-bond acceptors (Lipinski definition) is 5. The highest BCUT2D eigenvalue weighted by Crippen LogP contribution is 2.36. The highest BCUT2D eigenvalue weighted by molar-refractivity contribution is 9.10. The van der Waals surface area contributed by atoms with Gasteiger partial charge in [0.05, 0.1) is 23.1 Å². The van der Waals surface area contributed by atoms with Crippen molar-refractivity contribution in [2.24, 2.45) is 0 Å². The predicted octanol–water partition coefficient (Wildman–Crippen LogP) is 5.79. The molecule has 1 N–H and O–H groups in total. The number of benzene rings is 1. The molecule has 2 unspecified atom stereocenters. The van der Waals surface area contributed by atoms with Gasteiger partial charge in [-0.2, -0.15) is 0 Å². The van der Waals surface area contributed by atoms with Crippen LogP contribution < -0.4 is 5.32 Å². The summed E-state index contributed by atoms with van der Waals surface area (Å²) in [6.45, 7) is 4.41. The number of rotatable bonds is 7. The van der Waals surface area contributed by atoms with Crippen LogP contribution in [0.3, 0.4) is 0 Å². The van der Waals surface area contributed by atoms with Crippen LogP contribution in [0.2, 0.25) is 0 Å². The van der Waals surface area contributed by atoms with Gasteiger partial charge >= 0.3 is 0 Å². The van der Waals surface area contributed by atoms with E-state index in [0.717, 1.165) is 36.0 Å². The minimum Gasteiger partial charge on any atom is -0.371 e. The van der Waals surface area contributed by atoms with Crippen molar-refractivity contribution in [1.82, 2.24) is 15.3 Å². The third-order valence-corrected chi connectivity index (χ3v) is 7.02. The maximum absolute atomic E-state index is 5.90. The van der Waals surface area contributed by atoms with Crippen LogP contribution in [-0.4, -0.2) is 16.5 Å². The summed E-state index contributed by atoms with van der Waals surface area (Å²) >= 11 is 5.26. The fraction of sp³-hybridized carbons (Fsp3) is 0.391. The first-order valence-corrected chi connectivity index (χ1v) is 11.8. The molecular formula is C23H26BrN3OS. The molecular weight excluding hydrogens is 446 g/mol. The molecule has 0 radical (unpaired) electrons. The van der Waals surface area contributed by atoms with E-state index in [2.05, 4.69) is 57.4 Å². The number of aromatic nitrogens is 2. The fourth-order valence-electron chi connectivity index (χ4n) is 3.73. The largest absolute Gasteiger partial charge is 0.371 e. The van der Waals surface area contributed by atoms with Crippen molar-refractivity contribution in [3.05, 3.63) is 80.0 Å². The summed E-state index contributed by atoms with van der Waals surface area (Å²) in [6, 6.07) is 13.0. The van der Waals surface area contributed by atoms with Gasteiger partial charge in [0.15, 0.2) is 0 Å². The molecule has 0 saturated carbocycles. The molecule has 3 heterocycles. The van der Waals surface area contributed by atoms with E-state index in [4.69, 9.17) is 9.72 Å². The van der Waals surface area contributed by atoms with E-state index in [-0.39, 0.29) is 0 Å². The first-order chi connectivity index (χ1) is 14.2. The van der Waals surface area contributed by atoms with Gasteiger partial charge in [-0.25, -0.2) is 4.98 Å². The van der Waals surface area contributed by atoms with Crippen molar-refractivity contribution in [3.63, 3.8) is 0 Å². The summed E-state index contributed by atoms with van der Waals surface area (Å²) in [5.41, 5.74) is 3.69. The maximum Gasteiger partial charge on any atom is 0.0960 e. The zero-order valence-corrected chi connectivity index (χ0v) is 19.0. The van der Waals surface area contributed by atoms with Crippen molar-refractivity contribution < 1.29 is 4.74 Å². The summed E-state index contributed by atoms with van der Waals surface area (Å²) < 4.78 is 6.99. The van der Waals surface area contributed by atoms with Crippen LogP contribution in [0.5, 0.6) is 0 Å². The van der Waals surface area contributed by atoms with Gasteiger partial charge in [-0.05, 0) is 61.2 Å². The van der Waals surface area contributed by atoms with Crippen LogP contribution in [0.25, 0.3) is 0 Å². The third kappa shape index (κ3) is 5.51. The average molecular weight is 472 g/mol. The van der Waals surface area contributed by atoms with Crippen LogP contribution in [0.1, 0.15) is 58.4 Å². The second-order valence-corrected chi connectivity index (χ2v) is 9.51. The molecule has 1 fully saturated rings. The van der Waals surface area contributed by atoms with Crippen LogP contribution >= 0.6 is 27.3 Å². The Morgan fingerprint density at radius 1 is 1.17 bits per heavy atom. The van der Waals surface area contributed by atoms with Gasteiger partial charge in [0.25, 0.3) is 0 Å². The molecule has 0 bridgehead atoms. The van der Waals surface area contributed by atoms with E-state index >= 15 is 0 Å². The number of aryl methyl sites for hydroxylation is 1. The number of ether oxygens (including phenoxy) is 1. The summed E-state index contributed by atoms with van der Waals surface area (Å²) in [5, 5.41) is 4.91. The van der Waals surface area contributed by atoms with Crippen molar-refractivity contribution in [2.75, 3.05) is 6.54 Å². The van der Waals surface area contributed by atoms with E-state index in [0.29, 0.717) is 25.2 Å². The summed E-state index contributed by atoms with van der Waals surface area (Å²) in [7, 11) is 0. The average Bonchev–Trinajstić information content (AvgIpc) is 3.24. The molecule has 3 aromatic rings. The molecule has 29 heavy (non-hydrogen) atoms. The smallest absolute Gasteiger partial charge is 0.0960 e. The quantitative estimate of drug-likeness (QED) is 0.473. The van der Waals surface area contributed by atoms with E-state index in [1.54, 1.807) is 11.3 Å². The Labute approximate surface area is 184 Å². The Bertz CT molecular complexity index is 928. The van der Waals surface area contributed by atoms with Gasteiger partial charge in [-0.1, -0.05) is 35.0 Å². The lowest BCUT2D eigenvalue weighted by molar-refractivity contribution is 0.109. The highest BCUT2D eigenvalue weighted by atomic mass is 79.9. The molecule has 2 aromatic heterocycles. The second kappa shape index (κ2) is 9.94. The maximum atomic E-state index is 5.90. The lowest BCUT2D eigenvalue weighted by Gasteiger charge is -2.29. The Kier molecular flexibility index (Phi) is 7.08. The number of pyridine rings is 1. The minimum absolute atomic E-state index is 0.378. The molecule has 152 valence electrons. The monoisotopic (exact) mass is 471 g/mol. The lowest BCUT2D eigenvalue weighted by atomic mass is 9.89. The van der Waals surface area contributed by atoms with Crippen LogP contribution in [0.15, 0.2) is 53.3 Å². The van der Waals surface area contributed by atoms with Crippen molar-refractivity contribution >= 4 is 27.3 Å². The fourth-order valence-corrected chi connectivity index (χ4v) is 5.00. The number of halogens is 1. The molecule has 6 heteroatoms. The van der Waals surface area contributed by atoms with E-state index in [9.17, 15) is 0 Å². The third-order valence-electron chi connectivity index (χ3n) is 5.36. The first kappa shape index (κ1) is 20.7. The van der Waals surface area contributed by atoms with Gasteiger partial charge in [0.1, 0.15) is 0 Å². The molecule has 4 rings (SSSR count). The number of hydrogen-bond donors (Lipinski definition) is 1. The molecule has 0 amide bonds. The Morgan fingerprint density at radius 2 is 2.03 bits per heavy atom. The molecule has 1 aliphatic heterocycles. The first-order valence-electron chi connectivity index (χ1n) is 10.2. The van der Waals surface area contributed by atoms with Gasteiger partial charge in [-0.3, -0.25) is 4.98 Å². The normalized spacial score (nSPS) is 19.4. The topological polar surface area (TPSA) is 47.0 Å².